The van der Waals surface area contributed by atoms with E-state index in [1.165, 1.54) is 0 Å². The van der Waals surface area contributed by atoms with Gasteiger partial charge >= 0.3 is 0 Å². The number of quaternary nitrogens is 1. The third-order valence-corrected chi connectivity index (χ3v) is 1.19. The molecule has 0 saturated carbocycles. The van der Waals surface area contributed by atoms with Crippen molar-refractivity contribution in [3.63, 3.8) is 0 Å². The van der Waals surface area contributed by atoms with Gasteiger partial charge in [0.05, 0.1) is 13.2 Å². The van der Waals surface area contributed by atoms with Crippen LogP contribution < -0.4 is 11.1 Å². The molecular formula is C7H18N2O. The Morgan fingerprint density at radius 3 is 2.60 bits per heavy atom. The molecule has 0 aromatic rings. The van der Waals surface area contributed by atoms with Gasteiger partial charge in [-0.25, -0.2) is 0 Å². The van der Waals surface area contributed by atoms with Gasteiger partial charge in [0, 0.05) is 13.0 Å². The van der Waals surface area contributed by atoms with Crippen molar-refractivity contribution in [2.45, 2.75) is 12.8 Å². The summed E-state index contributed by atoms with van der Waals surface area (Å²) in [4.78, 5) is 0. The van der Waals surface area contributed by atoms with E-state index in [1.54, 1.807) is 0 Å². The average molecular weight is 146 g/mol. The fraction of sp³-hybridized carbons (Fsp3) is 0.857. The highest BCUT2D eigenvalue weighted by Crippen LogP contribution is 1.81. The first kappa shape index (κ1) is 9.88. The Kier molecular flexibility index (Phi) is 8.77. The van der Waals surface area contributed by atoms with Crippen LogP contribution in [0, 0.1) is 7.05 Å². The van der Waals surface area contributed by atoms with E-state index in [1.807, 2.05) is 5.32 Å². The second kappa shape index (κ2) is 8.88. The lowest BCUT2D eigenvalue weighted by atomic mass is 10.4. The quantitative estimate of drug-likeness (QED) is 0.361. The molecule has 0 bridgehead atoms. The van der Waals surface area contributed by atoms with E-state index in [4.69, 9.17) is 10.5 Å². The van der Waals surface area contributed by atoms with Crippen LogP contribution in [0.1, 0.15) is 12.8 Å². The van der Waals surface area contributed by atoms with Crippen LogP contribution in [-0.4, -0.2) is 26.3 Å². The number of ether oxygens (including phenoxy) is 1. The fourth-order valence-corrected chi connectivity index (χ4v) is 0.617. The Morgan fingerprint density at radius 1 is 1.30 bits per heavy atom. The van der Waals surface area contributed by atoms with E-state index in [-0.39, 0.29) is 0 Å². The van der Waals surface area contributed by atoms with E-state index >= 15 is 0 Å². The molecule has 4 N–H and O–H groups in total. The Bertz CT molecular complexity index is 51.6. The molecule has 62 valence electrons. The molecule has 3 nitrogen and oxygen atoms in total. The first-order chi connectivity index (χ1) is 4.91. The molecule has 0 aliphatic carbocycles. The van der Waals surface area contributed by atoms with Gasteiger partial charge in [0.25, 0.3) is 0 Å². The molecule has 0 atom stereocenters. The van der Waals surface area contributed by atoms with Crippen LogP contribution in [0.25, 0.3) is 0 Å². The Balaban J connectivity index is 2.65. The van der Waals surface area contributed by atoms with Crippen molar-refractivity contribution in [1.29, 1.82) is 0 Å². The van der Waals surface area contributed by atoms with Gasteiger partial charge in [-0.1, -0.05) is 0 Å². The van der Waals surface area contributed by atoms with E-state index in [9.17, 15) is 0 Å². The molecule has 0 amide bonds. The maximum Gasteiger partial charge on any atom is 0.0537 e. The highest BCUT2D eigenvalue weighted by molar-refractivity contribution is 4.36. The second-order valence-corrected chi connectivity index (χ2v) is 2.19. The van der Waals surface area contributed by atoms with Gasteiger partial charge in [0.1, 0.15) is 0 Å². The molecule has 0 radical (unpaired) electrons. The molecule has 10 heavy (non-hydrogen) atoms. The van der Waals surface area contributed by atoms with Crippen LogP contribution in [-0.2, 0) is 4.74 Å². The normalized spacial score (nSPS) is 10.2. The van der Waals surface area contributed by atoms with Crippen LogP contribution in [0.3, 0.4) is 0 Å². The Hall–Kier alpha value is -0.120. The van der Waals surface area contributed by atoms with E-state index in [0.717, 1.165) is 39.1 Å². The number of hydrogen-bond donors (Lipinski definition) is 2. The SMILES string of the molecule is [CH2-][NH2+]CCCOCCCN. The third kappa shape index (κ3) is 7.88. The molecule has 0 aliphatic rings. The number of hydrogen-bond acceptors (Lipinski definition) is 2. The number of rotatable bonds is 7. The van der Waals surface area contributed by atoms with Crippen LogP contribution in [0.15, 0.2) is 0 Å². The first-order valence-electron chi connectivity index (χ1n) is 3.80. The lowest BCUT2D eigenvalue weighted by Gasteiger charge is -2.02. The van der Waals surface area contributed by atoms with E-state index in [0.29, 0.717) is 0 Å². The van der Waals surface area contributed by atoms with Crippen molar-refractivity contribution < 1.29 is 10.1 Å². The molecule has 3 heteroatoms. The summed E-state index contributed by atoms with van der Waals surface area (Å²) in [6, 6.07) is 0. The maximum atomic E-state index is 5.27. The van der Waals surface area contributed by atoms with Crippen LogP contribution in [0.4, 0.5) is 0 Å². The van der Waals surface area contributed by atoms with E-state index < -0.39 is 0 Å². The summed E-state index contributed by atoms with van der Waals surface area (Å²) < 4.78 is 5.25. The molecule has 0 unspecified atom stereocenters. The molecule has 0 heterocycles. The largest absolute Gasteiger partial charge is 0.479 e. The minimum atomic E-state index is 0.724. The zero-order chi connectivity index (χ0) is 7.66. The smallest absolute Gasteiger partial charge is 0.0537 e. The van der Waals surface area contributed by atoms with Crippen molar-refractivity contribution in [2.75, 3.05) is 26.3 Å². The molecule has 0 aromatic heterocycles. The fourth-order valence-electron chi connectivity index (χ4n) is 0.617. The summed E-state index contributed by atoms with van der Waals surface area (Å²) in [7, 11) is 3.62. The van der Waals surface area contributed by atoms with Crippen molar-refractivity contribution in [1.82, 2.24) is 0 Å². The molecule has 0 fully saturated rings. The van der Waals surface area contributed by atoms with Crippen LogP contribution in [0.2, 0.25) is 0 Å². The standard InChI is InChI=1S/C7H18N2O/c1-9-5-3-7-10-6-2-4-8/h1-9H2. The Morgan fingerprint density at radius 2 is 2.00 bits per heavy atom. The van der Waals surface area contributed by atoms with E-state index in [2.05, 4.69) is 7.05 Å². The van der Waals surface area contributed by atoms with Crippen molar-refractivity contribution in [2.24, 2.45) is 5.73 Å². The van der Waals surface area contributed by atoms with Gasteiger partial charge in [-0.05, 0) is 13.0 Å². The Labute approximate surface area is 62.9 Å². The molecule has 0 saturated heterocycles. The van der Waals surface area contributed by atoms with Gasteiger partial charge in [-0.2, -0.15) is 7.05 Å². The maximum absolute atomic E-state index is 5.27. The zero-order valence-electron chi connectivity index (χ0n) is 6.51. The molecule has 0 rings (SSSR count). The summed E-state index contributed by atoms with van der Waals surface area (Å²) in [6.07, 6.45) is 2.04. The van der Waals surface area contributed by atoms with Crippen molar-refractivity contribution in [3.05, 3.63) is 7.05 Å². The minimum Gasteiger partial charge on any atom is -0.479 e. The monoisotopic (exact) mass is 146 g/mol. The molecule has 0 aromatic carbocycles. The molecule has 0 aliphatic heterocycles. The van der Waals surface area contributed by atoms with Crippen molar-refractivity contribution in [3.8, 4) is 0 Å². The topological polar surface area (TPSA) is 51.9 Å². The predicted octanol–water partition coefficient (Wildman–Crippen LogP) is -0.903. The van der Waals surface area contributed by atoms with Gasteiger partial charge in [-0.15, -0.1) is 0 Å². The predicted molar refractivity (Wildman–Crippen MR) is 41.3 cm³/mol. The summed E-state index contributed by atoms with van der Waals surface area (Å²) in [5.74, 6) is 0. The second-order valence-electron chi connectivity index (χ2n) is 2.19. The lowest BCUT2D eigenvalue weighted by molar-refractivity contribution is -0.596. The third-order valence-electron chi connectivity index (χ3n) is 1.19. The highest BCUT2D eigenvalue weighted by Gasteiger charge is 1.86. The highest BCUT2D eigenvalue weighted by atomic mass is 16.5. The van der Waals surface area contributed by atoms with Gasteiger partial charge < -0.3 is 15.8 Å². The van der Waals surface area contributed by atoms with Gasteiger partial charge in [-0.3, -0.25) is 0 Å². The van der Waals surface area contributed by atoms with Gasteiger partial charge in [0.2, 0.25) is 0 Å². The lowest BCUT2D eigenvalue weighted by Crippen LogP contribution is -2.77. The summed E-state index contributed by atoms with van der Waals surface area (Å²) in [5.41, 5.74) is 5.27. The number of nitrogens with two attached hydrogens (primary N) is 2. The molecule has 0 spiro atoms. The molecular weight excluding hydrogens is 128 g/mol. The van der Waals surface area contributed by atoms with Crippen LogP contribution in [0.5, 0.6) is 0 Å². The average Bonchev–Trinajstić information content (AvgIpc) is 1.97. The van der Waals surface area contributed by atoms with Crippen molar-refractivity contribution >= 4 is 0 Å². The minimum absolute atomic E-state index is 0.724. The summed E-state index contributed by atoms with van der Waals surface area (Å²) >= 11 is 0. The summed E-state index contributed by atoms with van der Waals surface area (Å²) in [6.45, 7) is 3.41. The first-order valence-corrected chi connectivity index (χ1v) is 3.80. The zero-order valence-corrected chi connectivity index (χ0v) is 6.51. The van der Waals surface area contributed by atoms with Gasteiger partial charge in [0.15, 0.2) is 0 Å². The summed E-state index contributed by atoms with van der Waals surface area (Å²) in [5, 5.41) is 1.91. The van der Waals surface area contributed by atoms with Crippen LogP contribution >= 0.6 is 0 Å².